The summed E-state index contributed by atoms with van der Waals surface area (Å²) in [6.07, 6.45) is -7.34. The van der Waals surface area contributed by atoms with Gasteiger partial charge in [-0.2, -0.15) is 13.2 Å². The maximum absolute atomic E-state index is 13.4. The van der Waals surface area contributed by atoms with Gasteiger partial charge in [-0.1, -0.05) is 0 Å². The van der Waals surface area contributed by atoms with Gasteiger partial charge in [-0.15, -0.1) is 11.6 Å². The summed E-state index contributed by atoms with van der Waals surface area (Å²) in [4.78, 5) is 11.8. The topological polar surface area (TPSA) is 131 Å². The van der Waals surface area contributed by atoms with Gasteiger partial charge < -0.3 is 9.47 Å². The number of ether oxygens (including phenoxy) is 2. The number of carbonyl (C=O) groups excluding carboxylic acids is 1. The summed E-state index contributed by atoms with van der Waals surface area (Å²) in [6, 6.07) is 7.46. The maximum atomic E-state index is 13.4. The molecule has 17 heteroatoms. The number of anilines is 2. The average Bonchev–Trinajstić information content (AvgIpc) is 2.81. The Morgan fingerprint density at radius 2 is 1.76 bits per heavy atom. The molecule has 1 amide bonds. The molecule has 38 heavy (non-hydrogen) atoms. The van der Waals surface area contributed by atoms with E-state index in [4.69, 9.17) is 16.3 Å². The molecule has 2 aromatic rings. The van der Waals surface area contributed by atoms with E-state index >= 15 is 0 Å². The summed E-state index contributed by atoms with van der Waals surface area (Å²) in [5.74, 6) is -0.738. The minimum absolute atomic E-state index is 0.0495. The van der Waals surface area contributed by atoms with Gasteiger partial charge in [-0.05, 0) is 56.3 Å². The highest BCUT2D eigenvalue weighted by Gasteiger charge is 2.51. The van der Waals surface area contributed by atoms with Crippen molar-refractivity contribution < 1.29 is 48.7 Å². The molecule has 1 aliphatic rings. The van der Waals surface area contributed by atoms with E-state index in [1.54, 1.807) is 0 Å². The van der Waals surface area contributed by atoms with Crippen LogP contribution in [0.1, 0.15) is 13.8 Å². The fourth-order valence-electron chi connectivity index (χ4n) is 3.15. The van der Waals surface area contributed by atoms with Crippen LogP contribution >= 0.6 is 11.6 Å². The van der Waals surface area contributed by atoms with Crippen molar-refractivity contribution in [2.45, 2.75) is 36.6 Å². The molecule has 2 N–H and O–H groups in total. The van der Waals surface area contributed by atoms with Crippen molar-refractivity contribution in [3.05, 3.63) is 48.3 Å². The lowest BCUT2D eigenvalue weighted by atomic mass is 10.1. The third-order valence-electron chi connectivity index (χ3n) is 5.24. The van der Waals surface area contributed by atoms with Crippen LogP contribution in [0.15, 0.2) is 47.4 Å². The zero-order valence-corrected chi connectivity index (χ0v) is 22.1. The molecule has 0 spiro atoms. The first kappa shape index (κ1) is 29.7. The van der Waals surface area contributed by atoms with E-state index in [-0.39, 0.29) is 28.6 Å². The summed E-state index contributed by atoms with van der Waals surface area (Å²) in [7, 11) is -8.25. The van der Waals surface area contributed by atoms with E-state index in [1.165, 1.54) is 12.1 Å². The van der Waals surface area contributed by atoms with Crippen LogP contribution in [0.2, 0.25) is 0 Å². The molecule has 210 valence electrons. The summed E-state index contributed by atoms with van der Waals surface area (Å²) < 4.78 is 116. The minimum atomic E-state index is -4.85. The lowest BCUT2D eigenvalue weighted by Crippen LogP contribution is -2.48. The van der Waals surface area contributed by atoms with Crippen LogP contribution < -0.4 is 19.1 Å². The standard InChI is InChI=1S/C21H22ClF4N3O7S2/c1-20(2,21(24,25)26)36-19(30)28-14-5-8-18-17(9-14)29(11-15(35-18)10-27-37(31,32)12-22)38(33,34)16-6-3-13(23)4-7-16/h3-9,15,27H,10-12H2,1-2H3,(H,28,30)/t15-/m0/s1. The second-order valence-corrected chi connectivity index (χ2v) is 12.8. The Balaban J connectivity index is 1.96. The molecule has 0 aliphatic carbocycles. The van der Waals surface area contributed by atoms with E-state index in [0.29, 0.717) is 13.8 Å². The van der Waals surface area contributed by atoms with E-state index in [1.807, 2.05) is 0 Å². The number of benzene rings is 2. The Bertz CT molecular complexity index is 1400. The molecular formula is C21H22ClF4N3O7S2. The largest absolute Gasteiger partial charge is 0.485 e. The van der Waals surface area contributed by atoms with Crippen LogP contribution in [0.3, 0.4) is 0 Å². The number of sulfonamides is 2. The van der Waals surface area contributed by atoms with Crippen molar-refractivity contribution in [3.63, 3.8) is 0 Å². The van der Waals surface area contributed by atoms with Crippen molar-refractivity contribution in [1.29, 1.82) is 0 Å². The molecule has 0 aromatic heterocycles. The summed E-state index contributed by atoms with van der Waals surface area (Å²) in [5, 5.41) is 1.36. The van der Waals surface area contributed by atoms with Gasteiger partial charge in [0.05, 0.1) is 17.1 Å². The monoisotopic (exact) mass is 603 g/mol. The van der Waals surface area contributed by atoms with Crippen molar-refractivity contribution in [2.75, 3.05) is 27.9 Å². The highest BCUT2D eigenvalue weighted by Crippen LogP contribution is 2.39. The first-order valence-corrected chi connectivity index (χ1v) is 14.3. The third kappa shape index (κ3) is 6.78. The smallest absolute Gasteiger partial charge is 0.427 e. The molecule has 0 fully saturated rings. The zero-order valence-electron chi connectivity index (χ0n) is 19.8. The fraction of sp³-hybridized carbons (Fsp3) is 0.381. The van der Waals surface area contributed by atoms with Gasteiger partial charge in [-0.3, -0.25) is 9.62 Å². The minimum Gasteiger partial charge on any atom is -0.485 e. The molecule has 0 unspecified atom stereocenters. The van der Waals surface area contributed by atoms with Crippen molar-refractivity contribution in [3.8, 4) is 5.75 Å². The lowest BCUT2D eigenvalue weighted by molar-refractivity contribution is -0.242. The summed E-state index contributed by atoms with van der Waals surface area (Å²) >= 11 is 5.37. The predicted molar refractivity (Wildman–Crippen MR) is 130 cm³/mol. The number of amides is 1. The van der Waals surface area contributed by atoms with Gasteiger partial charge in [0.1, 0.15) is 22.9 Å². The number of hydrogen-bond acceptors (Lipinski definition) is 7. The number of halogens is 5. The molecule has 0 bridgehead atoms. The first-order chi connectivity index (χ1) is 17.4. The van der Waals surface area contributed by atoms with Crippen LogP contribution in [-0.2, 0) is 24.8 Å². The van der Waals surface area contributed by atoms with Crippen LogP contribution in [-0.4, -0.2) is 59.1 Å². The van der Waals surface area contributed by atoms with Crippen molar-refractivity contribution >= 4 is 49.1 Å². The molecule has 0 saturated carbocycles. The molecule has 1 aliphatic heterocycles. The number of rotatable bonds is 8. The highest BCUT2D eigenvalue weighted by molar-refractivity contribution is 7.92. The molecule has 1 atom stereocenters. The van der Waals surface area contributed by atoms with E-state index < -0.39 is 61.6 Å². The molecule has 0 radical (unpaired) electrons. The second kappa shape index (κ2) is 10.7. The highest BCUT2D eigenvalue weighted by atomic mass is 35.5. The fourth-order valence-corrected chi connectivity index (χ4v) is 5.40. The van der Waals surface area contributed by atoms with E-state index in [0.717, 1.165) is 34.6 Å². The van der Waals surface area contributed by atoms with Gasteiger partial charge in [0.2, 0.25) is 15.6 Å². The van der Waals surface area contributed by atoms with Gasteiger partial charge in [0, 0.05) is 12.2 Å². The van der Waals surface area contributed by atoms with Gasteiger partial charge in [-0.25, -0.2) is 30.7 Å². The van der Waals surface area contributed by atoms with Gasteiger partial charge in [0.15, 0.2) is 0 Å². The van der Waals surface area contributed by atoms with Crippen LogP contribution in [0.5, 0.6) is 5.75 Å². The number of hydrogen-bond donors (Lipinski definition) is 2. The lowest BCUT2D eigenvalue weighted by Gasteiger charge is -2.35. The molecule has 0 saturated heterocycles. The number of alkyl halides is 4. The zero-order chi connectivity index (χ0) is 28.5. The van der Waals surface area contributed by atoms with E-state index in [9.17, 15) is 39.2 Å². The number of nitrogens with one attached hydrogen (secondary N) is 2. The van der Waals surface area contributed by atoms with E-state index in [2.05, 4.69) is 14.8 Å². The third-order valence-corrected chi connectivity index (χ3v) is 8.79. The summed E-state index contributed by atoms with van der Waals surface area (Å²) in [6.45, 7) is 0.529. The van der Waals surface area contributed by atoms with Crippen molar-refractivity contribution in [1.82, 2.24) is 4.72 Å². The van der Waals surface area contributed by atoms with Crippen LogP contribution in [0.4, 0.5) is 33.7 Å². The second-order valence-electron chi connectivity index (χ2n) is 8.51. The maximum Gasteiger partial charge on any atom is 0.427 e. The molecule has 3 rings (SSSR count). The Hall–Kier alpha value is -2.82. The number of fused-ring (bicyclic) bond motifs is 1. The average molecular weight is 604 g/mol. The molecule has 10 nitrogen and oxygen atoms in total. The van der Waals surface area contributed by atoms with Gasteiger partial charge in [0.25, 0.3) is 10.0 Å². The Morgan fingerprint density at radius 3 is 2.34 bits per heavy atom. The molecular weight excluding hydrogens is 582 g/mol. The van der Waals surface area contributed by atoms with Crippen LogP contribution in [0, 0.1) is 5.82 Å². The number of carbonyl (C=O) groups is 1. The quantitative estimate of drug-likeness (QED) is 0.347. The first-order valence-electron chi connectivity index (χ1n) is 10.6. The van der Waals surface area contributed by atoms with Crippen LogP contribution in [0.25, 0.3) is 0 Å². The Morgan fingerprint density at radius 1 is 1.13 bits per heavy atom. The number of nitrogens with zero attached hydrogens (tertiary/aromatic N) is 1. The molecule has 1 heterocycles. The SMILES string of the molecule is CC(C)(OC(=O)Nc1ccc2c(c1)N(S(=O)(=O)c1ccc(F)cc1)C[C@H](CNS(=O)(=O)CCl)O2)C(F)(F)F. The van der Waals surface area contributed by atoms with Gasteiger partial charge >= 0.3 is 12.3 Å². The molecule has 2 aromatic carbocycles. The Labute approximate surface area is 221 Å². The van der Waals surface area contributed by atoms with Crippen molar-refractivity contribution in [2.24, 2.45) is 0 Å². The Kier molecular flexibility index (Phi) is 8.41. The normalized spacial score (nSPS) is 16.4. The predicted octanol–water partition coefficient (Wildman–Crippen LogP) is 3.79. The summed E-state index contributed by atoms with van der Waals surface area (Å²) in [5.41, 5.74) is -3.06.